The molecule has 4 nitrogen and oxygen atoms in total. The molecular formula is C30H29NO3. The zero-order valence-electron chi connectivity index (χ0n) is 19.4. The minimum absolute atomic E-state index is 0.0145. The molecule has 1 aliphatic rings. The van der Waals surface area contributed by atoms with E-state index >= 15 is 0 Å². The maximum Gasteiger partial charge on any atom is 0.162 e. The summed E-state index contributed by atoms with van der Waals surface area (Å²) in [6.45, 7) is 1.91. The number of hydrogen-bond acceptors (Lipinski definition) is 4. The molecular weight excluding hydrogens is 422 g/mol. The molecule has 0 amide bonds. The lowest BCUT2D eigenvalue weighted by molar-refractivity contribution is 0.283. The van der Waals surface area contributed by atoms with Crippen LogP contribution in [0.15, 0.2) is 97.1 Å². The van der Waals surface area contributed by atoms with Crippen molar-refractivity contribution in [3.63, 3.8) is 0 Å². The smallest absolute Gasteiger partial charge is 0.162 e. The lowest BCUT2D eigenvalue weighted by Gasteiger charge is -2.30. The van der Waals surface area contributed by atoms with Gasteiger partial charge in [0.15, 0.2) is 11.5 Å². The molecule has 0 spiro atoms. The van der Waals surface area contributed by atoms with Crippen molar-refractivity contribution in [3.05, 3.63) is 125 Å². The third-order valence-electron chi connectivity index (χ3n) is 6.18. The van der Waals surface area contributed by atoms with Crippen LogP contribution in [0.25, 0.3) is 0 Å². The standard InChI is InChI=1S/C30H29NO3/c1-32-28-18-24-16-17-31-30(26(24)19-29(28)34-21-23-12-6-3-7-13-23)25-14-8-9-15-27(25)33-20-22-10-4-2-5-11-22/h2-15,18-19,30-31H,16-17,20-21H2,1H3. The molecule has 0 aliphatic carbocycles. The van der Waals surface area contributed by atoms with E-state index in [1.165, 1.54) is 11.1 Å². The Morgan fingerprint density at radius 1 is 0.676 bits per heavy atom. The number of hydrogen-bond donors (Lipinski definition) is 1. The molecule has 4 heteroatoms. The van der Waals surface area contributed by atoms with E-state index in [4.69, 9.17) is 14.2 Å². The molecule has 0 bridgehead atoms. The highest BCUT2D eigenvalue weighted by atomic mass is 16.5. The van der Waals surface area contributed by atoms with Gasteiger partial charge in [-0.2, -0.15) is 0 Å². The highest BCUT2D eigenvalue weighted by Gasteiger charge is 2.26. The van der Waals surface area contributed by atoms with Crippen LogP contribution in [0.1, 0.15) is 33.9 Å². The Balaban J connectivity index is 1.44. The number of para-hydroxylation sites is 1. The van der Waals surface area contributed by atoms with Gasteiger partial charge in [-0.05, 0) is 46.9 Å². The van der Waals surface area contributed by atoms with Gasteiger partial charge in [0.05, 0.1) is 13.2 Å². The Bertz CT molecular complexity index is 1220. The van der Waals surface area contributed by atoms with Gasteiger partial charge in [0, 0.05) is 12.1 Å². The van der Waals surface area contributed by atoms with Crippen LogP contribution in [0.5, 0.6) is 17.2 Å². The van der Waals surface area contributed by atoms with Crippen LogP contribution in [-0.2, 0) is 19.6 Å². The Hall–Kier alpha value is -3.76. The second-order valence-corrected chi connectivity index (χ2v) is 8.43. The van der Waals surface area contributed by atoms with Crippen molar-refractivity contribution < 1.29 is 14.2 Å². The Morgan fingerprint density at radius 2 is 1.29 bits per heavy atom. The monoisotopic (exact) mass is 451 g/mol. The summed E-state index contributed by atoms with van der Waals surface area (Å²) in [6, 6.07) is 33.0. The predicted octanol–water partition coefficient (Wildman–Crippen LogP) is 6.09. The third kappa shape index (κ3) is 4.92. The first-order valence-electron chi connectivity index (χ1n) is 11.7. The molecule has 4 aromatic carbocycles. The van der Waals surface area contributed by atoms with Crippen molar-refractivity contribution in [2.45, 2.75) is 25.7 Å². The first-order valence-corrected chi connectivity index (χ1v) is 11.7. The normalized spacial score (nSPS) is 14.8. The average Bonchev–Trinajstić information content (AvgIpc) is 2.91. The van der Waals surface area contributed by atoms with E-state index in [0.717, 1.165) is 46.9 Å². The number of rotatable bonds is 8. The molecule has 1 atom stereocenters. The minimum atomic E-state index is 0.0145. The number of ether oxygens (including phenoxy) is 3. The van der Waals surface area contributed by atoms with Crippen molar-refractivity contribution in [1.29, 1.82) is 0 Å². The van der Waals surface area contributed by atoms with Gasteiger partial charge >= 0.3 is 0 Å². The summed E-state index contributed by atoms with van der Waals surface area (Å²) in [6.07, 6.45) is 0.939. The van der Waals surface area contributed by atoms with E-state index in [1.54, 1.807) is 7.11 Å². The van der Waals surface area contributed by atoms with E-state index in [0.29, 0.717) is 13.2 Å². The molecule has 5 rings (SSSR count). The highest BCUT2D eigenvalue weighted by Crippen LogP contribution is 2.40. The summed E-state index contributed by atoms with van der Waals surface area (Å²) in [5.41, 5.74) is 5.86. The van der Waals surface area contributed by atoms with Gasteiger partial charge in [0.2, 0.25) is 0 Å². The third-order valence-corrected chi connectivity index (χ3v) is 6.18. The fraction of sp³-hybridized carbons (Fsp3) is 0.200. The molecule has 0 saturated heterocycles. The number of nitrogens with one attached hydrogen (secondary N) is 1. The molecule has 0 aromatic heterocycles. The molecule has 34 heavy (non-hydrogen) atoms. The fourth-order valence-electron chi connectivity index (χ4n) is 4.44. The molecule has 0 fully saturated rings. The maximum atomic E-state index is 6.28. The molecule has 0 saturated carbocycles. The fourth-order valence-corrected chi connectivity index (χ4v) is 4.44. The molecule has 1 heterocycles. The van der Waals surface area contributed by atoms with Crippen LogP contribution in [-0.4, -0.2) is 13.7 Å². The Labute approximate surface area is 201 Å². The summed E-state index contributed by atoms with van der Waals surface area (Å²) in [7, 11) is 1.70. The molecule has 172 valence electrons. The molecule has 1 unspecified atom stereocenters. The van der Waals surface area contributed by atoms with Crippen LogP contribution >= 0.6 is 0 Å². The zero-order chi connectivity index (χ0) is 23.2. The van der Waals surface area contributed by atoms with Crippen molar-refractivity contribution in [2.24, 2.45) is 0 Å². The molecule has 0 radical (unpaired) electrons. The Kier molecular flexibility index (Phi) is 6.78. The minimum Gasteiger partial charge on any atom is -0.493 e. The summed E-state index contributed by atoms with van der Waals surface area (Å²) >= 11 is 0. The summed E-state index contributed by atoms with van der Waals surface area (Å²) in [5, 5.41) is 3.69. The Morgan fingerprint density at radius 3 is 1.97 bits per heavy atom. The molecule has 1 aliphatic heterocycles. The van der Waals surface area contributed by atoms with Crippen LogP contribution in [0.4, 0.5) is 0 Å². The van der Waals surface area contributed by atoms with E-state index in [-0.39, 0.29) is 6.04 Å². The summed E-state index contributed by atoms with van der Waals surface area (Å²) < 4.78 is 18.2. The van der Waals surface area contributed by atoms with Gasteiger partial charge in [0.1, 0.15) is 19.0 Å². The van der Waals surface area contributed by atoms with Gasteiger partial charge in [-0.15, -0.1) is 0 Å². The number of fused-ring (bicyclic) bond motifs is 1. The second-order valence-electron chi connectivity index (χ2n) is 8.43. The van der Waals surface area contributed by atoms with E-state index < -0.39 is 0 Å². The van der Waals surface area contributed by atoms with E-state index in [1.807, 2.05) is 48.5 Å². The van der Waals surface area contributed by atoms with Crippen LogP contribution < -0.4 is 19.5 Å². The lowest BCUT2D eigenvalue weighted by atomic mass is 9.89. The molecule has 4 aromatic rings. The SMILES string of the molecule is COc1cc2c(cc1OCc1ccccc1)C(c1ccccc1OCc1ccccc1)NCC2. The molecule has 1 N–H and O–H groups in total. The van der Waals surface area contributed by atoms with E-state index in [2.05, 4.69) is 53.8 Å². The van der Waals surface area contributed by atoms with Gasteiger partial charge in [0.25, 0.3) is 0 Å². The number of methoxy groups -OCH3 is 1. The van der Waals surface area contributed by atoms with Crippen LogP contribution in [0, 0.1) is 0 Å². The van der Waals surface area contributed by atoms with Gasteiger partial charge < -0.3 is 19.5 Å². The van der Waals surface area contributed by atoms with Gasteiger partial charge in [-0.3, -0.25) is 0 Å². The first-order chi connectivity index (χ1) is 16.8. The van der Waals surface area contributed by atoms with Crippen molar-refractivity contribution in [1.82, 2.24) is 5.32 Å². The van der Waals surface area contributed by atoms with Crippen LogP contribution in [0.3, 0.4) is 0 Å². The predicted molar refractivity (Wildman–Crippen MR) is 135 cm³/mol. The van der Waals surface area contributed by atoms with Crippen molar-refractivity contribution in [2.75, 3.05) is 13.7 Å². The quantitative estimate of drug-likeness (QED) is 0.352. The number of benzene rings is 4. The van der Waals surface area contributed by atoms with E-state index in [9.17, 15) is 0 Å². The van der Waals surface area contributed by atoms with Crippen molar-refractivity contribution >= 4 is 0 Å². The maximum absolute atomic E-state index is 6.28. The van der Waals surface area contributed by atoms with Crippen molar-refractivity contribution in [3.8, 4) is 17.2 Å². The van der Waals surface area contributed by atoms with Crippen LogP contribution in [0.2, 0.25) is 0 Å². The second kappa shape index (κ2) is 10.4. The topological polar surface area (TPSA) is 39.7 Å². The first kappa shape index (κ1) is 22.1. The average molecular weight is 452 g/mol. The summed E-state index contributed by atoms with van der Waals surface area (Å²) in [5.74, 6) is 2.41. The highest BCUT2D eigenvalue weighted by molar-refractivity contribution is 5.53. The van der Waals surface area contributed by atoms with Gasteiger partial charge in [-0.25, -0.2) is 0 Å². The van der Waals surface area contributed by atoms with Gasteiger partial charge in [-0.1, -0.05) is 78.9 Å². The largest absolute Gasteiger partial charge is 0.493 e. The zero-order valence-corrected chi connectivity index (χ0v) is 19.4. The summed E-state index contributed by atoms with van der Waals surface area (Å²) in [4.78, 5) is 0. The lowest BCUT2D eigenvalue weighted by Crippen LogP contribution is -2.31.